The topological polar surface area (TPSA) is 206 Å². The minimum absolute atomic E-state index is 0.166. The van der Waals surface area contributed by atoms with Crippen LogP contribution in [0.5, 0.6) is 0 Å². The van der Waals surface area contributed by atoms with E-state index in [-0.39, 0.29) is 59.2 Å². The molecule has 0 radical (unpaired) electrons. The molecule has 0 aliphatic heterocycles. The summed E-state index contributed by atoms with van der Waals surface area (Å²) >= 11 is 6.31. The number of hydrogen-bond donors (Lipinski definition) is 0. The fourth-order valence-electron chi connectivity index (χ4n) is 24.2. The third kappa shape index (κ3) is 20.1. The minimum atomic E-state index is 0.166. The molecule has 25 rings (SSSR count). The van der Waals surface area contributed by atoms with E-state index in [1.165, 1.54) is 55.6 Å². The number of benzene rings is 10. The number of hydrogen-bond acceptors (Lipinski definition) is 16. The molecule has 5 fully saturated rings. The third-order valence-electron chi connectivity index (χ3n) is 29.9. The summed E-state index contributed by atoms with van der Waals surface area (Å²) in [6.07, 6.45) is 29.3. The maximum atomic E-state index is 6.31. The van der Waals surface area contributed by atoms with E-state index >= 15 is 0 Å². The highest BCUT2D eigenvalue weighted by atomic mass is 35.5. The highest BCUT2D eigenvalue weighted by Gasteiger charge is 2.59. The molecule has 10 aromatic heterocycles. The number of rotatable bonds is 20. The van der Waals surface area contributed by atoms with Crippen LogP contribution in [-0.2, 0) is 0 Å². The summed E-state index contributed by atoms with van der Waals surface area (Å²) in [7, 11) is 0. The zero-order chi connectivity index (χ0) is 97.3. The van der Waals surface area contributed by atoms with Crippen LogP contribution in [0.15, 0.2) is 487 Å². The maximum absolute atomic E-state index is 6.31. The Morgan fingerprint density at radius 3 is 0.521 bits per heavy atom. The van der Waals surface area contributed by atoms with Gasteiger partial charge in [-0.25, -0.2) is 19.9 Å². The van der Waals surface area contributed by atoms with Crippen molar-refractivity contribution in [2.45, 2.75) is 139 Å². The lowest BCUT2D eigenvalue weighted by molar-refractivity contribution is 0.219. The molecule has 5 saturated carbocycles. The molecule has 5 aliphatic rings. The largest absolute Gasteiger partial charge is 0.261 e. The second kappa shape index (κ2) is 44.6. The van der Waals surface area contributed by atoms with Crippen LogP contribution in [0.25, 0.3) is 0 Å². The van der Waals surface area contributed by atoms with Crippen LogP contribution in [0.1, 0.15) is 248 Å². The van der Waals surface area contributed by atoms with Crippen molar-refractivity contribution < 1.29 is 0 Å². The Bertz CT molecular complexity index is 5830. The minimum Gasteiger partial charge on any atom is -0.261 e. The average molecular weight is 1890 g/mol. The standard InChI is InChI=1S/C27H25ClN4.2C26H22N2.2C24H20N4/c1-16-14-21(31-18(3)29-16)25-23(19-10-6-4-7-11-19)26(22-15-17(2)30-27(28)32-22)24(25)20-12-8-5-9-13-20;1-3-11-19(12-4-1)23-25(21-15-7-9-17-27-21)24(20-13-5-2-6-14-20)26(23)22-16-8-10-18-28-22;1-3-11-19(12-4-1)23-24(20-13-5-2-6-14-20)26(22-16-8-10-18-28-22)25(23)21-15-7-9-17-27-21;1-3-7-17(8-4-1)21-23(19-15-25-11-13-27-19)22(18-9-5-2-6-10-18)24(21)20-16-26-12-14-28-20;1-3-7-17(8-4-1)21-22(18-9-5-2-6-10-18)24(20-16-26-12-14-28-20)23(21)19-15-25-11-13-27-19/h4-15,23-26H,1-3H3;2*1-18,23-26H;2*1-16,21-24H/t23-,24-,25?,26?;;23-,24-,25-,26+;;21-,22+,23+,24-/m1.1../s1. The third-order valence-corrected chi connectivity index (χ3v) is 30.1. The van der Waals surface area contributed by atoms with Crippen LogP contribution in [0, 0.1) is 20.8 Å². The van der Waals surface area contributed by atoms with Crippen molar-refractivity contribution in [3.8, 4) is 0 Å². The summed E-state index contributed by atoms with van der Waals surface area (Å²) in [6, 6.07) is 137. The second-order valence-electron chi connectivity index (χ2n) is 37.8. The predicted molar refractivity (Wildman–Crippen MR) is 568 cm³/mol. The molecular weight excluding hydrogens is 1780 g/mol. The first-order valence-electron chi connectivity index (χ1n) is 49.7. The molecule has 0 saturated heterocycles. The number of aryl methyl sites for hydroxylation is 3. The van der Waals surface area contributed by atoms with Gasteiger partial charge in [-0.3, -0.25) is 59.8 Å². The SMILES string of the molecule is Cc1cc(C2[C@@H](c3ccccc3)C(c3cc(C)nc(Cl)n3)[C@@H]2c2ccccc2)nc(C)n1.c1ccc(C2C(c3ccccn3)C(c3ccccc3)C2c2ccccn2)cc1.c1ccc(C2C(c3cnccn3)C(c3ccccc3)C2c2cnccn2)cc1.c1ccc([C@@H]2[C@@H](c3ccccc3)[C@H](c3ccccn3)[C@@H]2c2ccccn2)cc1.c1ccc([C@@H]2[C@H](c3ccccc3)[C@@H](c3cnccn3)[C@H]2c2cnccn2)cc1. The normalized spacial score (nSPS) is 23.4. The molecule has 0 N–H and O–H groups in total. The van der Waals surface area contributed by atoms with E-state index in [9.17, 15) is 0 Å². The van der Waals surface area contributed by atoms with Crippen molar-refractivity contribution in [2.24, 2.45) is 0 Å². The molecule has 17 heteroatoms. The molecule has 0 amide bonds. The smallest absolute Gasteiger partial charge is 0.222 e. The Kier molecular flexibility index (Phi) is 29.1. The summed E-state index contributed by atoms with van der Waals surface area (Å²) in [6.45, 7) is 5.98. The molecule has 0 spiro atoms. The van der Waals surface area contributed by atoms with E-state index in [0.717, 1.165) is 74.2 Å². The van der Waals surface area contributed by atoms with Crippen LogP contribution in [-0.4, -0.2) is 79.7 Å². The zero-order valence-electron chi connectivity index (χ0n) is 80.3. The van der Waals surface area contributed by atoms with Crippen molar-refractivity contribution in [3.05, 3.63) is 622 Å². The molecule has 0 bridgehead atoms. The summed E-state index contributed by atoms with van der Waals surface area (Å²) in [5, 5.41) is 0.302. The molecule has 10 aromatic carbocycles. The summed E-state index contributed by atoms with van der Waals surface area (Å²) in [4.78, 5) is 73.5. The number of halogens is 1. The number of aromatic nitrogens is 16. The summed E-state index contributed by atoms with van der Waals surface area (Å²) in [5.74, 6) is 6.46. The first-order chi connectivity index (χ1) is 71.2. The highest BCUT2D eigenvalue weighted by Crippen LogP contribution is 2.71. The maximum Gasteiger partial charge on any atom is 0.222 e. The van der Waals surface area contributed by atoms with Crippen molar-refractivity contribution in [2.75, 3.05) is 0 Å². The highest BCUT2D eigenvalue weighted by molar-refractivity contribution is 6.28. The fourth-order valence-corrected chi connectivity index (χ4v) is 24.4. The van der Waals surface area contributed by atoms with E-state index in [1.54, 1.807) is 49.6 Å². The van der Waals surface area contributed by atoms with Crippen LogP contribution in [0.4, 0.5) is 0 Å². The van der Waals surface area contributed by atoms with Crippen LogP contribution in [0.3, 0.4) is 0 Å². The molecule has 20 aromatic rings. The lowest BCUT2D eigenvalue weighted by Gasteiger charge is -2.52. The Hall–Kier alpha value is -16.4. The van der Waals surface area contributed by atoms with Gasteiger partial charge in [0.25, 0.3) is 0 Å². The van der Waals surface area contributed by atoms with Crippen molar-refractivity contribution >= 4 is 11.6 Å². The van der Waals surface area contributed by atoms with Gasteiger partial charge in [-0.2, -0.15) is 0 Å². The van der Waals surface area contributed by atoms with Crippen molar-refractivity contribution in [1.82, 2.24) is 79.7 Å². The molecule has 10 heterocycles. The molecule has 144 heavy (non-hydrogen) atoms. The number of pyridine rings is 4. The van der Waals surface area contributed by atoms with E-state index < -0.39 is 0 Å². The van der Waals surface area contributed by atoms with Gasteiger partial charge >= 0.3 is 0 Å². The first kappa shape index (κ1) is 93.8. The lowest BCUT2D eigenvalue weighted by atomic mass is 9.50. The van der Waals surface area contributed by atoms with Crippen molar-refractivity contribution in [1.29, 1.82) is 0 Å². The molecular formula is C127H109ClN16. The average Bonchev–Trinajstić information content (AvgIpc) is 0.748. The summed E-state index contributed by atoms with van der Waals surface area (Å²) in [5.41, 5.74) is 26.0. The second-order valence-corrected chi connectivity index (χ2v) is 38.2. The fraction of sp³-hybridized carbons (Fsp3) is 0.181. The van der Waals surface area contributed by atoms with Gasteiger partial charge in [0.2, 0.25) is 5.28 Å². The molecule has 0 unspecified atom stereocenters. The molecule has 10 atom stereocenters. The molecule has 5 aliphatic carbocycles. The monoisotopic (exact) mass is 1890 g/mol. The molecule has 16 nitrogen and oxygen atoms in total. The number of nitrogens with zero attached hydrogens (tertiary/aromatic N) is 16. The van der Waals surface area contributed by atoms with Gasteiger partial charge < -0.3 is 0 Å². The quantitative estimate of drug-likeness (QED) is 0.0650. The van der Waals surface area contributed by atoms with Gasteiger partial charge in [-0.05, 0) is 149 Å². The Morgan fingerprint density at radius 2 is 0.326 bits per heavy atom. The van der Waals surface area contributed by atoms with Gasteiger partial charge in [0.15, 0.2) is 0 Å². The van der Waals surface area contributed by atoms with Gasteiger partial charge in [0.05, 0.1) is 22.8 Å². The first-order valence-corrected chi connectivity index (χ1v) is 50.1. The summed E-state index contributed by atoms with van der Waals surface area (Å²) < 4.78 is 0. The van der Waals surface area contributed by atoms with Crippen molar-refractivity contribution in [3.63, 3.8) is 0 Å². The van der Waals surface area contributed by atoms with Crippen LogP contribution >= 0.6 is 11.6 Å². The van der Waals surface area contributed by atoms with E-state index in [4.69, 9.17) is 41.5 Å². The zero-order valence-corrected chi connectivity index (χ0v) is 81.0. The van der Waals surface area contributed by atoms with Crippen LogP contribution < -0.4 is 0 Å². The Morgan fingerprint density at radius 1 is 0.153 bits per heavy atom. The van der Waals surface area contributed by atoms with Gasteiger partial charge in [-0.1, -0.05) is 328 Å². The van der Waals surface area contributed by atoms with Gasteiger partial charge in [-0.15, -0.1) is 0 Å². The Balaban J connectivity index is 0.000000106. The molecule has 704 valence electrons. The van der Waals surface area contributed by atoms with Gasteiger partial charge in [0, 0.05) is 263 Å². The van der Waals surface area contributed by atoms with E-state index in [1.807, 2.05) is 94.6 Å². The van der Waals surface area contributed by atoms with E-state index in [2.05, 4.69) is 414 Å². The Labute approximate surface area is 847 Å². The van der Waals surface area contributed by atoms with Crippen LogP contribution in [0.2, 0.25) is 5.28 Å². The predicted octanol–water partition coefficient (Wildman–Crippen LogP) is 27.6. The van der Waals surface area contributed by atoms with E-state index in [0.29, 0.717) is 64.5 Å². The van der Waals surface area contributed by atoms with Gasteiger partial charge in [0.1, 0.15) is 5.82 Å². The lowest BCUT2D eigenvalue weighted by Crippen LogP contribution is -2.41.